The van der Waals surface area contributed by atoms with Crippen LogP contribution in [0.15, 0.2) is 29.2 Å². The molecule has 32 heavy (non-hydrogen) atoms. The van der Waals surface area contributed by atoms with Crippen molar-refractivity contribution in [2.24, 2.45) is 5.41 Å². The van der Waals surface area contributed by atoms with E-state index in [0.717, 1.165) is 22.9 Å². The Hall–Kier alpha value is -2.37. The van der Waals surface area contributed by atoms with Gasteiger partial charge in [-0.1, -0.05) is 20.8 Å². The van der Waals surface area contributed by atoms with Gasteiger partial charge in [0.2, 0.25) is 0 Å². The molecule has 0 unspecified atom stereocenters. The van der Waals surface area contributed by atoms with Crippen molar-refractivity contribution in [3.05, 3.63) is 51.9 Å². The first-order valence-electron chi connectivity index (χ1n) is 10.3. The van der Waals surface area contributed by atoms with Gasteiger partial charge >= 0.3 is 0 Å². The van der Waals surface area contributed by atoms with E-state index < -0.39 is 27.4 Å². The van der Waals surface area contributed by atoms with Crippen molar-refractivity contribution in [2.45, 2.75) is 27.2 Å². The summed E-state index contributed by atoms with van der Waals surface area (Å²) in [6, 6.07) is 2.85. The van der Waals surface area contributed by atoms with E-state index in [4.69, 9.17) is 0 Å². The molecular formula is C21H29F2N5O3S. The molecule has 0 aliphatic carbocycles. The molecule has 0 bridgehead atoms. The van der Waals surface area contributed by atoms with Crippen LogP contribution in [-0.4, -0.2) is 67.1 Å². The maximum Gasteiger partial charge on any atom is 0.281 e. The fourth-order valence-electron chi connectivity index (χ4n) is 3.69. The summed E-state index contributed by atoms with van der Waals surface area (Å²) < 4.78 is 55.8. The molecule has 8 nitrogen and oxygen atoms in total. The monoisotopic (exact) mass is 469 g/mol. The molecule has 0 spiro atoms. The Morgan fingerprint density at radius 3 is 2.09 bits per heavy atom. The van der Waals surface area contributed by atoms with Crippen molar-refractivity contribution in [3.8, 4) is 5.69 Å². The quantitative estimate of drug-likeness (QED) is 0.670. The molecule has 1 aliphatic rings. The SMILES string of the molecule is CN(C)S(=O)(=O)N1CCN(c2cnn(-c3cc(F)cc(F)c3)c(=O)c2CC(C)(C)C)CC1. The topological polar surface area (TPSA) is 78.8 Å². The van der Waals surface area contributed by atoms with Crippen molar-refractivity contribution in [1.82, 2.24) is 18.4 Å². The predicted octanol–water partition coefficient (Wildman–Crippen LogP) is 2.03. The number of piperazine rings is 1. The standard InChI is InChI=1S/C21H29F2N5O3S/c1-21(2,3)13-18-19(26-6-8-27(9-7-26)32(30,31)25(4)5)14-24-28(20(18)29)17-11-15(22)10-16(23)12-17/h10-12,14H,6-9,13H2,1-5H3. The highest BCUT2D eigenvalue weighted by Crippen LogP contribution is 2.27. The maximum absolute atomic E-state index is 13.7. The fourth-order valence-corrected chi connectivity index (χ4v) is 4.77. The molecule has 0 saturated carbocycles. The van der Waals surface area contributed by atoms with E-state index in [-0.39, 0.29) is 24.2 Å². The summed E-state index contributed by atoms with van der Waals surface area (Å²) in [5.74, 6) is -1.60. The Bertz CT molecular complexity index is 1130. The van der Waals surface area contributed by atoms with Crippen molar-refractivity contribution >= 4 is 15.9 Å². The number of hydrogen-bond acceptors (Lipinski definition) is 5. The Balaban J connectivity index is 2.00. The van der Waals surface area contributed by atoms with Gasteiger partial charge in [-0.25, -0.2) is 8.78 Å². The highest BCUT2D eigenvalue weighted by Gasteiger charge is 2.30. The molecule has 3 rings (SSSR count). The first-order valence-corrected chi connectivity index (χ1v) is 11.7. The Kier molecular flexibility index (Phi) is 6.73. The second kappa shape index (κ2) is 8.87. The Morgan fingerprint density at radius 2 is 1.59 bits per heavy atom. The van der Waals surface area contributed by atoms with E-state index in [0.29, 0.717) is 30.8 Å². The van der Waals surface area contributed by atoms with Gasteiger partial charge in [0.15, 0.2) is 0 Å². The van der Waals surface area contributed by atoms with Gasteiger partial charge in [-0.2, -0.15) is 26.8 Å². The number of benzene rings is 1. The Morgan fingerprint density at radius 1 is 1.03 bits per heavy atom. The first-order chi connectivity index (χ1) is 14.8. The van der Waals surface area contributed by atoms with Gasteiger partial charge in [0.05, 0.1) is 17.6 Å². The van der Waals surface area contributed by atoms with E-state index >= 15 is 0 Å². The summed E-state index contributed by atoms with van der Waals surface area (Å²) in [5.41, 5.74) is 0.402. The molecule has 0 radical (unpaired) electrons. The smallest absolute Gasteiger partial charge is 0.281 e. The van der Waals surface area contributed by atoms with Crippen molar-refractivity contribution in [1.29, 1.82) is 0 Å². The molecule has 2 aromatic rings. The van der Waals surface area contributed by atoms with Gasteiger partial charge in [-0.15, -0.1) is 0 Å². The largest absolute Gasteiger partial charge is 0.367 e. The molecule has 1 aromatic carbocycles. The molecule has 1 saturated heterocycles. The number of aromatic nitrogens is 2. The van der Waals surface area contributed by atoms with E-state index in [2.05, 4.69) is 5.10 Å². The third-order valence-electron chi connectivity index (χ3n) is 5.22. The number of rotatable bonds is 5. The number of hydrogen-bond donors (Lipinski definition) is 0. The minimum atomic E-state index is -3.52. The predicted molar refractivity (Wildman–Crippen MR) is 119 cm³/mol. The van der Waals surface area contributed by atoms with Crippen LogP contribution in [0.1, 0.15) is 26.3 Å². The number of anilines is 1. The average molecular weight is 470 g/mol. The lowest BCUT2D eigenvalue weighted by atomic mass is 9.88. The minimum Gasteiger partial charge on any atom is -0.367 e. The zero-order valence-corrected chi connectivity index (χ0v) is 19.8. The second-order valence-electron chi connectivity index (χ2n) is 9.27. The summed E-state index contributed by atoms with van der Waals surface area (Å²) in [5, 5.41) is 4.18. The van der Waals surface area contributed by atoms with Gasteiger partial charge in [0.1, 0.15) is 11.6 Å². The van der Waals surface area contributed by atoms with Gasteiger partial charge in [0, 0.05) is 51.9 Å². The van der Waals surface area contributed by atoms with E-state index in [1.54, 1.807) is 0 Å². The molecule has 0 atom stereocenters. The van der Waals surface area contributed by atoms with Gasteiger partial charge in [0.25, 0.3) is 15.8 Å². The van der Waals surface area contributed by atoms with Crippen LogP contribution in [0.2, 0.25) is 0 Å². The summed E-state index contributed by atoms with van der Waals surface area (Å²) >= 11 is 0. The first kappa shape index (κ1) is 24.3. The number of halogens is 2. The third kappa shape index (κ3) is 5.16. The number of nitrogens with zero attached hydrogens (tertiary/aromatic N) is 5. The normalized spacial score (nSPS) is 16.1. The molecule has 1 fully saturated rings. The lowest BCUT2D eigenvalue weighted by Gasteiger charge is -2.37. The van der Waals surface area contributed by atoms with Gasteiger partial charge in [-0.05, 0) is 24.0 Å². The van der Waals surface area contributed by atoms with Crippen molar-refractivity contribution in [3.63, 3.8) is 0 Å². The van der Waals surface area contributed by atoms with Crippen LogP contribution >= 0.6 is 0 Å². The van der Waals surface area contributed by atoms with Crippen LogP contribution < -0.4 is 10.5 Å². The third-order valence-corrected chi connectivity index (χ3v) is 7.16. The zero-order chi connectivity index (χ0) is 23.8. The van der Waals surface area contributed by atoms with Crippen LogP contribution in [-0.2, 0) is 16.6 Å². The molecule has 176 valence electrons. The van der Waals surface area contributed by atoms with Crippen LogP contribution in [0, 0.1) is 17.0 Å². The van der Waals surface area contributed by atoms with E-state index in [1.165, 1.54) is 28.9 Å². The molecule has 0 N–H and O–H groups in total. The van der Waals surface area contributed by atoms with Crippen molar-refractivity contribution in [2.75, 3.05) is 45.2 Å². The van der Waals surface area contributed by atoms with Crippen LogP contribution in [0.25, 0.3) is 5.69 Å². The highest BCUT2D eigenvalue weighted by atomic mass is 32.2. The molecular weight excluding hydrogens is 440 g/mol. The average Bonchev–Trinajstić information content (AvgIpc) is 2.67. The minimum absolute atomic E-state index is 0.0103. The van der Waals surface area contributed by atoms with Crippen LogP contribution in [0.4, 0.5) is 14.5 Å². The lowest BCUT2D eigenvalue weighted by Crippen LogP contribution is -2.52. The van der Waals surface area contributed by atoms with E-state index in [9.17, 15) is 22.0 Å². The molecule has 0 amide bonds. The summed E-state index contributed by atoms with van der Waals surface area (Å²) in [6.45, 7) is 7.30. The summed E-state index contributed by atoms with van der Waals surface area (Å²) in [6.07, 6.45) is 1.93. The highest BCUT2D eigenvalue weighted by molar-refractivity contribution is 7.86. The van der Waals surface area contributed by atoms with Crippen LogP contribution in [0.5, 0.6) is 0 Å². The Labute approximate surface area is 187 Å². The molecule has 2 heterocycles. The zero-order valence-electron chi connectivity index (χ0n) is 19.0. The second-order valence-corrected chi connectivity index (χ2v) is 11.4. The van der Waals surface area contributed by atoms with Gasteiger partial charge in [-0.3, -0.25) is 4.79 Å². The molecule has 1 aliphatic heterocycles. The molecule has 1 aromatic heterocycles. The van der Waals surface area contributed by atoms with E-state index in [1.807, 2.05) is 25.7 Å². The van der Waals surface area contributed by atoms with Crippen LogP contribution in [0.3, 0.4) is 0 Å². The van der Waals surface area contributed by atoms with Gasteiger partial charge < -0.3 is 4.90 Å². The van der Waals surface area contributed by atoms with Crippen molar-refractivity contribution < 1.29 is 17.2 Å². The lowest BCUT2D eigenvalue weighted by molar-refractivity contribution is 0.354. The fraction of sp³-hybridized carbons (Fsp3) is 0.524. The summed E-state index contributed by atoms with van der Waals surface area (Å²) in [7, 11) is -0.540. The maximum atomic E-state index is 13.7. The summed E-state index contributed by atoms with van der Waals surface area (Å²) in [4.78, 5) is 15.3. The molecule has 11 heteroatoms.